The Labute approximate surface area is 174 Å². The first-order valence-electron chi connectivity index (χ1n) is 8.99. The van der Waals surface area contributed by atoms with Crippen molar-refractivity contribution in [2.45, 2.75) is 17.2 Å². The molecule has 1 unspecified atom stereocenters. The van der Waals surface area contributed by atoms with Crippen molar-refractivity contribution in [1.82, 2.24) is 0 Å². The maximum atomic E-state index is 11.3. The van der Waals surface area contributed by atoms with E-state index in [9.17, 15) is 9.90 Å². The molecule has 0 fully saturated rings. The number of rotatable bonds is 8. The van der Waals surface area contributed by atoms with Crippen molar-refractivity contribution >= 4 is 29.3 Å². The molecule has 0 aromatic heterocycles. The van der Waals surface area contributed by atoms with Crippen molar-refractivity contribution in [2.75, 3.05) is 5.75 Å². The molecule has 0 amide bonds. The molecule has 28 heavy (non-hydrogen) atoms. The first-order valence-corrected chi connectivity index (χ1v) is 10.4. The van der Waals surface area contributed by atoms with Gasteiger partial charge in [0.05, 0.1) is 4.75 Å². The number of carbonyl (C=O) groups is 1. The van der Waals surface area contributed by atoms with Crippen molar-refractivity contribution in [2.24, 2.45) is 5.73 Å². The van der Waals surface area contributed by atoms with Crippen LogP contribution in [0.5, 0.6) is 0 Å². The van der Waals surface area contributed by atoms with Crippen LogP contribution in [0.3, 0.4) is 0 Å². The quantitative estimate of drug-likeness (QED) is 0.549. The third-order valence-corrected chi connectivity index (χ3v) is 6.56. The van der Waals surface area contributed by atoms with Crippen LogP contribution in [0, 0.1) is 0 Å². The summed E-state index contributed by atoms with van der Waals surface area (Å²) in [6.07, 6.45) is 0.705. The van der Waals surface area contributed by atoms with Crippen LogP contribution in [0.25, 0.3) is 0 Å². The van der Waals surface area contributed by atoms with Crippen LogP contribution < -0.4 is 5.73 Å². The van der Waals surface area contributed by atoms with Crippen LogP contribution in [0.1, 0.15) is 16.7 Å². The standard InChI is InChI=1S/C23H22ClNO2S/c24-20-13-11-19(12-14-20)23(18-9-5-2-6-10-18,28-16-21(25)22(26)27)15-17-7-3-1-4-8-17/h1-14,21H,15-16,25H2,(H,26,27)/t21-,23?/m0/s1. The van der Waals surface area contributed by atoms with E-state index >= 15 is 0 Å². The second kappa shape index (κ2) is 9.28. The zero-order chi connectivity index (χ0) is 20.0. The summed E-state index contributed by atoms with van der Waals surface area (Å²) in [7, 11) is 0. The minimum Gasteiger partial charge on any atom is -0.480 e. The highest BCUT2D eigenvalue weighted by Crippen LogP contribution is 2.46. The van der Waals surface area contributed by atoms with Crippen LogP contribution in [0.4, 0.5) is 0 Å². The molecule has 3 aromatic carbocycles. The Morgan fingerprint density at radius 1 is 0.929 bits per heavy atom. The third kappa shape index (κ3) is 4.76. The predicted octanol–water partition coefficient (Wildman–Crippen LogP) is 4.97. The maximum Gasteiger partial charge on any atom is 0.321 e. The summed E-state index contributed by atoms with van der Waals surface area (Å²) in [6.45, 7) is 0. The lowest BCUT2D eigenvalue weighted by molar-refractivity contribution is -0.137. The molecule has 0 spiro atoms. The van der Waals surface area contributed by atoms with Crippen molar-refractivity contribution in [3.8, 4) is 0 Å². The van der Waals surface area contributed by atoms with Crippen LogP contribution in [-0.4, -0.2) is 22.9 Å². The van der Waals surface area contributed by atoms with Gasteiger partial charge in [-0.1, -0.05) is 84.4 Å². The lowest BCUT2D eigenvalue weighted by atomic mass is 9.85. The topological polar surface area (TPSA) is 63.3 Å². The van der Waals surface area contributed by atoms with Crippen molar-refractivity contribution < 1.29 is 9.90 Å². The molecule has 3 nitrogen and oxygen atoms in total. The highest BCUT2D eigenvalue weighted by atomic mass is 35.5. The normalized spacial score (nSPS) is 14.2. The Bertz CT molecular complexity index is 903. The van der Waals surface area contributed by atoms with Gasteiger partial charge in [-0.2, -0.15) is 0 Å². The van der Waals surface area contributed by atoms with E-state index in [2.05, 4.69) is 24.3 Å². The summed E-state index contributed by atoms with van der Waals surface area (Å²) in [5.41, 5.74) is 9.19. The van der Waals surface area contributed by atoms with Gasteiger partial charge in [0.2, 0.25) is 0 Å². The van der Waals surface area contributed by atoms with Crippen molar-refractivity contribution in [3.63, 3.8) is 0 Å². The number of halogens is 1. The van der Waals surface area contributed by atoms with Crippen LogP contribution in [0.2, 0.25) is 5.02 Å². The lowest BCUT2D eigenvalue weighted by Gasteiger charge is -2.35. The average molecular weight is 412 g/mol. The fourth-order valence-electron chi connectivity index (χ4n) is 3.20. The van der Waals surface area contributed by atoms with Gasteiger partial charge in [-0.05, 0) is 35.2 Å². The number of hydrogen-bond acceptors (Lipinski definition) is 3. The van der Waals surface area contributed by atoms with E-state index in [1.807, 2.05) is 60.7 Å². The summed E-state index contributed by atoms with van der Waals surface area (Å²) >= 11 is 7.70. The van der Waals surface area contributed by atoms with E-state index in [0.717, 1.165) is 16.7 Å². The maximum absolute atomic E-state index is 11.3. The Hall–Kier alpha value is -2.27. The summed E-state index contributed by atoms with van der Waals surface area (Å²) < 4.78 is -0.486. The molecule has 2 atom stereocenters. The van der Waals surface area contributed by atoms with E-state index in [1.54, 1.807) is 11.8 Å². The molecule has 144 valence electrons. The number of benzene rings is 3. The smallest absolute Gasteiger partial charge is 0.321 e. The molecule has 0 radical (unpaired) electrons. The molecule has 5 heteroatoms. The van der Waals surface area contributed by atoms with E-state index in [0.29, 0.717) is 17.2 Å². The molecule has 3 rings (SSSR count). The predicted molar refractivity (Wildman–Crippen MR) is 117 cm³/mol. The molecule has 3 N–H and O–H groups in total. The molecule has 3 aromatic rings. The van der Waals surface area contributed by atoms with Crippen molar-refractivity contribution in [3.05, 3.63) is 107 Å². The van der Waals surface area contributed by atoms with E-state index in [1.165, 1.54) is 0 Å². The first kappa shape index (κ1) is 20.5. The molecule has 0 heterocycles. The van der Waals surface area contributed by atoms with Gasteiger partial charge < -0.3 is 10.8 Å². The molecule has 0 aliphatic carbocycles. The SMILES string of the molecule is N[C@@H](CSC(Cc1ccccc1)(c1ccccc1)c1ccc(Cl)cc1)C(=O)O. The number of carboxylic acids is 1. The fourth-order valence-corrected chi connectivity index (χ4v) is 4.81. The van der Waals surface area contributed by atoms with Gasteiger partial charge in [-0.15, -0.1) is 11.8 Å². The summed E-state index contributed by atoms with van der Waals surface area (Å²) in [5, 5.41) is 9.95. The molecule has 0 aliphatic heterocycles. The van der Waals surface area contributed by atoms with Gasteiger partial charge in [-0.3, -0.25) is 4.79 Å². The molecule has 0 saturated heterocycles. The van der Waals surface area contributed by atoms with Crippen LogP contribution >= 0.6 is 23.4 Å². The minimum absolute atomic E-state index is 0.291. The van der Waals surface area contributed by atoms with E-state index in [-0.39, 0.29) is 0 Å². The number of carboxylic acid groups (broad SMARTS) is 1. The van der Waals surface area contributed by atoms with Gasteiger partial charge in [-0.25, -0.2) is 0 Å². The minimum atomic E-state index is -0.995. The third-order valence-electron chi connectivity index (χ3n) is 4.67. The molecule has 0 aliphatic rings. The Morgan fingerprint density at radius 2 is 1.46 bits per heavy atom. The summed E-state index contributed by atoms with van der Waals surface area (Å²) in [6, 6.07) is 27.2. The Balaban J connectivity index is 2.12. The summed E-state index contributed by atoms with van der Waals surface area (Å²) in [4.78, 5) is 11.3. The highest BCUT2D eigenvalue weighted by Gasteiger charge is 2.36. The van der Waals surface area contributed by atoms with Gasteiger partial charge in [0.15, 0.2) is 0 Å². The molecular weight excluding hydrogens is 390 g/mol. The fraction of sp³-hybridized carbons (Fsp3) is 0.174. The molecule has 0 bridgehead atoms. The first-order chi connectivity index (χ1) is 13.5. The van der Waals surface area contributed by atoms with Crippen LogP contribution in [0.15, 0.2) is 84.9 Å². The zero-order valence-corrected chi connectivity index (χ0v) is 16.9. The second-order valence-corrected chi connectivity index (χ2v) is 8.37. The second-order valence-electron chi connectivity index (χ2n) is 6.62. The highest BCUT2D eigenvalue weighted by molar-refractivity contribution is 8.00. The summed E-state index contributed by atoms with van der Waals surface area (Å²) in [5.74, 6) is -0.704. The van der Waals surface area contributed by atoms with Crippen molar-refractivity contribution in [1.29, 1.82) is 0 Å². The van der Waals surface area contributed by atoms with E-state index < -0.39 is 16.8 Å². The largest absolute Gasteiger partial charge is 0.480 e. The average Bonchev–Trinajstić information content (AvgIpc) is 2.73. The van der Waals surface area contributed by atoms with Gasteiger partial charge in [0, 0.05) is 10.8 Å². The molecular formula is C23H22ClNO2S. The van der Waals surface area contributed by atoms with Gasteiger partial charge >= 0.3 is 5.97 Å². The number of aliphatic carboxylic acids is 1. The lowest BCUT2D eigenvalue weighted by Crippen LogP contribution is -2.36. The zero-order valence-electron chi connectivity index (χ0n) is 15.3. The Morgan fingerprint density at radius 3 is 2.04 bits per heavy atom. The Kier molecular flexibility index (Phi) is 6.79. The van der Waals surface area contributed by atoms with E-state index in [4.69, 9.17) is 17.3 Å². The monoisotopic (exact) mass is 411 g/mol. The number of nitrogens with two attached hydrogens (primary N) is 1. The van der Waals surface area contributed by atoms with Gasteiger partial charge in [0.25, 0.3) is 0 Å². The molecule has 0 saturated carbocycles. The number of thioether (sulfide) groups is 1. The van der Waals surface area contributed by atoms with Gasteiger partial charge in [0.1, 0.15) is 6.04 Å². The van der Waals surface area contributed by atoms with Crippen LogP contribution in [-0.2, 0) is 16.0 Å². The number of hydrogen-bond donors (Lipinski definition) is 2.